The second kappa shape index (κ2) is 3.25. The van der Waals surface area contributed by atoms with Gasteiger partial charge in [-0.25, -0.2) is 0 Å². The van der Waals surface area contributed by atoms with Gasteiger partial charge in [-0.05, 0) is 12.8 Å². The van der Waals surface area contributed by atoms with Gasteiger partial charge in [-0.2, -0.15) is 0 Å². The Bertz CT molecular complexity index is 200. The van der Waals surface area contributed by atoms with Crippen LogP contribution >= 0.6 is 0 Å². The summed E-state index contributed by atoms with van der Waals surface area (Å²) in [5.74, 6) is 0.111. The van der Waals surface area contributed by atoms with Gasteiger partial charge in [0.2, 0.25) is 0 Å². The molecule has 0 radical (unpaired) electrons. The zero-order valence-electron chi connectivity index (χ0n) is 7.50. The summed E-state index contributed by atoms with van der Waals surface area (Å²) in [7, 11) is 0. The number of carbonyl (C=O) groups excluding carboxylic acids is 2. The molecule has 0 saturated heterocycles. The molecule has 3 nitrogen and oxygen atoms in total. The van der Waals surface area contributed by atoms with Crippen molar-refractivity contribution in [3.63, 3.8) is 0 Å². The van der Waals surface area contributed by atoms with Crippen LogP contribution in [-0.4, -0.2) is 17.9 Å². The van der Waals surface area contributed by atoms with Crippen molar-refractivity contribution in [1.29, 1.82) is 0 Å². The summed E-state index contributed by atoms with van der Waals surface area (Å²) in [5, 5.41) is 0. The van der Waals surface area contributed by atoms with E-state index in [1.165, 1.54) is 6.92 Å². The summed E-state index contributed by atoms with van der Waals surface area (Å²) in [6.07, 6.45) is 3.01. The van der Waals surface area contributed by atoms with E-state index < -0.39 is 5.60 Å². The Hall–Kier alpha value is -0.860. The monoisotopic (exact) mass is 170 g/mol. The molecular weight excluding hydrogens is 156 g/mol. The fourth-order valence-corrected chi connectivity index (χ4v) is 1.72. The summed E-state index contributed by atoms with van der Waals surface area (Å²) < 4.78 is 5.12. The second-order valence-corrected chi connectivity index (χ2v) is 3.34. The van der Waals surface area contributed by atoms with Crippen molar-refractivity contribution in [2.45, 2.75) is 38.7 Å². The molecule has 0 aliphatic heterocycles. The van der Waals surface area contributed by atoms with Crippen molar-refractivity contribution in [1.82, 2.24) is 0 Å². The average molecular weight is 170 g/mol. The van der Waals surface area contributed by atoms with Gasteiger partial charge in [-0.1, -0.05) is 6.92 Å². The van der Waals surface area contributed by atoms with Crippen LogP contribution in [0.4, 0.5) is 0 Å². The highest BCUT2D eigenvalue weighted by molar-refractivity contribution is 5.68. The van der Waals surface area contributed by atoms with E-state index in [0.717, 1.165) is 19.1 Å². The standard InChI is InChI=1S/C9H14O3/c1-3-8-6-9(8,4-5-10)12-7(2)11/h5,8H,3-4,6H2,1-2H3/t8-,9-/m1/s1. The van der Waals surface area contributed by atoms with Gasteiger partial charge >= 0.3 is 5.97 Å². The van der Waals surface area contributed by atoms with Crippen LogP contribution in [0.2, 0.25) is 0 Å². The molecule has 0 aromatic rings. The topological polar surface area (TPSA) is 43.4 Å². The minimum absolute atomic E-state index is 0.284. The lowest BCUT2D eigenvalue weighted by Crippen LogP contribution is -2.20. The zero-order valence-corrected chi connectivity index (χ0v) is 7.50. The quantitative estimate of drug-likeness (QED) is 0.472. The van der Waals surface area contributed by atoms with Crippen molar-refractivity contribution in [3.05, 3.63) is 0 Å². The number of aldehydes is 1. The molecule has 12 heavy (non-hydrogen) atoms. The third-order valence-electron chi connectivity index (χ3n) is 2.44. The molecule has 68 valence electrons. The first kappa shape index (κ1) is 9.23. The Morgan fingerprint density at radius 1 is 1.75 bits per heavy atom. The average Bonchev–Trinajstić information content (AvgIpc) is 2.62. The van der Waals surface area contributed by atoms with Crippen LogP contribution in [0.5, 0.6) is 0 Å². The third-order valence-corrected chi connectivity index (χ3v) is 2.44. The molecule has 0 amide bonds. The first-order valence-corrected chi connectivity index (χ1v) is 4.28. The maximum atomic E-state index is 10.7. The van der Waals surface area contributed by atoms with Crippen LogP contribution in [0.1, 0.15) is 33.1 Å². The highest BCUT2D eigenvalue weighted by atomic mass is 16.6. The van der Waals surface area contributed by atoms with Gasteiger partial charge in [0.1, 0.15) is 11.9 Å². The molecule has 0 spiro atoms. The maximum absolute atomic E-state index is 10.7. The summed E-state index contributed by atoms with van der Waals surface area (Å²) in [4.78, 5) is 21.0. The number of hydrogen-bond acceptors (Lipinski definition) is 3. The van der Waals surface area contributed by atoms with Crippen LogP contribution < -0.4 is 0 Å². The molecule has 1 aliphatic carbocycles. The summed E-state index contributed by atoms with van der Waals surface area (Å²) in [6.45, 7) is 3.43. The molecule has 1 rings (SSSR count). The fourth-order valence-electron chi connectivity index (χ4n) is 1.72. The number of hydrogen-bond donors (Lipinski definition) is 0. The Labute approximate surface area is 72.1 Å². The molecule has 0 aromatic heterocycles. The number of esters is 1. The maximum Gasteiger partial charge on any atom is 0.303 e. The predicted octanol–water partition coefficient (Wildman–Crippen LogP) is 1.31. The van der Waals surface area contributed by atoms with E-state index >= 15 is 0 Å². The number of ether oxygens (including phenoxy) is 1. The third kappa shape index (κ3) is 1.65. The van der Waals surface area contributed by atoms with Gasteiger partial charge in [0.25, 0.3) is 0 Å². The van der Waals surface area contributed by atoms with E-state index in [-0.39, 0.29) is 5.97 Å². The lowest BCUT2D eigenvalue weighted by Gasteiger charge is -2.13. The Morgan fingerprint density at radius 2 is 2.42 bits per heavy atom. The molecule has 0 bridgehead atoms. The number of rotatable bonds is 4. The van der Waals surface area contributed by atoms with E-state index in [9.17, 15) is 9.59 Å². The van der Waals surface area contributed by atoms with Crippen LogP contribution in [0.3, 0.4) is 0 Å². The van der Waals surface area contributed by atoms with Crippen LogP contribution in [0, 0.1) is 5.92 Å². The van der Waals surface area contributed by atoms with Gasteiger partial charge in [0.05, 0.1) is 0 Å². The minimum atomic E-state index is -0.428. The van der Waals surface area contributed by atoms with Crippen molar-refractivity contribution < 1.29 is 14.3 Å². The normalized spacial score (nSPS) is 32.7. The lowest BCUT2D eigenvalue weighted by atomic mass is 10.1. The van der Waals surface area contributed by atoms with E-state index in [0.29, 0.717) is 12.3 Å². The van der Waals surface area contributed by atoms with Crippen LogP contribution in [0.15, 0.2) is 0 Å². The van der Waals surface area contributed by atoms with Gasteiger partial charge < -0.3 is 9.53 Å². The first-order valence-electron chi connectivity index (χ1n) is 4.28. The molecule has 1 aliphatic rings. The Morgan fingerprint density at radius 3 is 2.75 bits per heavy atom. The van der Waals surface area contributed by atoms with Crippen molar-refractivity contribution in [2.75, 3.05) is 0 Å². The molecule has 0 N–H and O–H groups in total. The second-order valence-electron chi connectivity index (χ2n) is 3.34. The molecule has 1 fully saturated rings. The smallest absolute Gasteiger partial charge is 0.303 e. The Balaban J connectivity index is 2.52. The van der Waals surface area contributed by atoms with Crippen LogP contribution in [-0.2, 0) is 14.3 Å². The zero-order chi connectivity index (χ0) is 9.19. The minimum Gasteiger partial charge on any atom is -0.458 e. The molecular formula is C9H14O3. The molecule has 1 saturated carbocycles. The molecule has 0 heterocycles. The van der Waals surface area contributed by atoms with Gasteiger partial charge in [0, 0.05) is 19.3 Å². The highest BCUT2D eigenvalue weighted by Crippen LogP contribution is 2.51. The van der Waals surface area contributed by atoms with Crippen LogP contribution in [0.25, 0.3) is 0 Å². The first-order chi connectivity index (χ1) is 5.64. The lowest BCUT2D eigenvalue weighted by molar-refractivity contribution is -0.150. The summed E-state index contributed by atoms with van der Waals surface area (Å²) in [5.41, 5.74) is -0.428. The van der Waals surface area contributed by atoms with Crippen molar-refractivity contribution >= 4 is 12.3 Å². The molecule has 0 aromatic carbocycles. The number of carbonyl (C=O) groups is 2. The predicted molar refractivity (Wildman–Crippen MR) is 43.6 cm³/mol. The van der Waals surface area contributed by atoms with E-state index in [1.54, 1.807) is 0 Å². The van der Waals surface area contributed by atoms with Crippen molar-refractivity contribution in [3.8, 4) is 0 Å². The van der Waals surface area contributed by atoms with E-state index in [1.807, 2.05) is 6.92 Å². The van der Waals surface area contributed by atoms with Crippen molar-refractivity contribution in [2.24, 2.45) is 5.92 Å². The molecule has 0 unspecified atom stereocenters. The molecule has 3 heteroatoms. The largest absolute Gasteiger partial charge is 0.458 e. The van der Waals surface area contributed by atoms with E-state index in [2.05, 4.69) is 0 Å². The summed E-state index contributed by atoms with van der Waals surface area (Å²) >= 11 is 0. The van der Waals surface area contributed by atoms with Gasteiger partial charge in [-0.3, -0.25) is 4.79 Å². The SMILES string of the molecule is CC[C@@H]1C[C@@]1(CC=O)OC(C)=O. The molecule has 2 atom stereocenters. The fraction of sp³-hybridized carbons (Fsp3) is 0.778. The highest BCUT2D eigenvalue weighted by Gasteiger charge is 2.55. The van der Waals surface area contributed by atoms with Gasteiger partial charge in [0.15, 0.2) is 0 Å². The Kier molecular flexibility index (Phi) is 2.50. The van der Waals surface area contributed by atoms with E-state index in [4.69, 9.17) is 4.74 Å². The van der Waals surface area contributed by atoms with Gasteiger partial charge in [-0.15, -0.1) is 0 Å². The summed E-state index contributed by atoms with van der Waals surface area (Å²) in [6, 6.07) is 0.